The van der Waals surface area contributed by atoms with Crippen molar-refractivity contribution in [2.24, 2.45) is 0 Å². The second kappa shape index (κ2) is 6.05. The van der Waals surface area contributed by atoms with Crippen LogP contribution in [0.5, 0.6) is 0 Å². The number of nitrogens with zero attached hydrogens (tertiary/aromatic N) is 2. The number of carbonyl (C=O) groups excluding carboxylic acids is 1. The van der Waals surface area contributed by atoms with E-state index in [1.807, 2.05) is 30.5 Å². The summed E-state index contributed by atoms with van der Waals surface area (Å²) in [6, 6.07) is 9.80. The molecule has 4 heteroatoms. The standard InChI is InChI=1S/C15H16N2O2/c1-2-19-15(18)7-4-9-17-10-8-13-12(11-16)5-3-6-14(13)17/h3,5-6,8,10H,2,4,7,9H2,1H3. The van der Waals surface area contributed by atoms with E-state index in [0.717, 1.165) is 23.9 Å². The first-order valence-electron chi connectivity index (χ1n) is 6.40. The molecule has 0 amide bonds. The van der Waals surface area contributed by atoms with Crippen LogP contribution >= 0.6 is 0 Å². The molecule has 0 aliphatic heterocycles. The molecule has 98 valence electrons. The number of aromatic nitrogens is 1. The molecule has 19 heavy (non-hydrogen) atoms. The van der Waals surface area contributed by atoms with Crippen molar-refractivity contribution < 1.29 is 9.53 Å². The van der Waals surface area contributed by atoms with E-state index in [2.05, 4.69) is 10.6 Å². The Morgan fingerprint density at radius 1 is 1.42 bits per heavy atom. The summed E-state index contributed by atoms with van der Waals surface area (Å²) < 4.78 is 6.96. The van der Waals surface area contributed by atoms with E-state index < -0.39 is 0 Å². The number of aryl methyl sites for hydroxylation is 1. The van der Waals surface area contributed by atoms with Crippen molar-refractivity contribution in [1.82, 2.24) is 4.57 Å². The van der Waals surface area contributed by atoms with Crippen LogP contribution in [-0.2, 0) is 16.1 Å². The Morgan fingerprint density at radius 2 is 2.26 bits per heavy atom. The number of ether oxygens (including phenoxy) is 1. The lowest BCUT2D eigenvalue weighted by atomic mass is 10.1. The van der Waals surface area contributed by atoms with Gasteiger partial charge in [-0.05, 0) is 31.5 Å². The summed E-state index contributed by atoms with van der Waals surface area (Å²) in [6.45, 7) is 2.98. The van der Waals surface area contributed by atoms with Gasteiger partial charge in [-0.25, -0.2) is 0 Å². The molecule has 0 atom stereocenters. The molecule has 0 radical (unpaired) electrons. The van der Waals surface area contributed by atoms with Crippen molar-refractivity contribution in [1.29, 1.82) is 5.26 Å². The molecule has 1 aromatic carbocycles. The van der Waals surface area contributed by atoms with Crippen LogP contribution in [0.4, 0.5) is 0 Å². The highest BCUT2D eigenvalue weighted by molar-refractivity contribution is 5.86. The molecule has 4 nitrogen and oxygen atoms in total. The first kappa shape index (κ1) is 13.2. The fourth-order valence-corrected chi connectivity index (χ4v) is 2.14. The van der Waals surface area contributed by atoms with Crippen LogP contribution in [0.25, 0.3) is 10.9 Å². The molecular formula is C15H16N2O2. The van der Waals surface area contributed by atoms with Gasteiger partial charge in [-0.15, -0.1) is 0 Å². The van der Waals surface area contributed by atoms with Crippen LogP contribution in [0.1, 0.15) is 25.3 Å². The van der Waals surface area contributed by atoms with Crippen molar-refractivity contribution in [3.8, 4) is 6.07 Å². The molecule has 1 heterocycles. The Balaban J connectivity index is 2.06. The highest BCUT2D eigenvalue weighted by Crippen LogP contribution is 2.20. The summed E-state index contributed by atoms with van der Waals surface area (Å²) >= 11 is 0. The summed E-state index contributed by atoms with van der Waals surface area (Å²) in [5, 5.41) is 9.99. The average molecular weight is 256 g/mol. The number of carbonyl (C=O) groups is 1. The van der Waals surface area contributed by atoms with Crippen molar-refractivity contribution in [3.63, 3.8) is 0 Å². The molecule has 0 saturated heterocycles. The quantitative estimate of drug-likeness (QED) is 0.773. The largest absolute Gasteiger partial charge is 0.466 e. The molecule has 0 bridgehead atoms. The van der Waals surface area contributed by atoms with Crippen LogP contribution in [0.3, 0.4) is 0 Å². The van der Waals surface area contributed by atoms with Gasteiger partial charge in [-0.3, -0.25) is 4.79 Å². The Labute approximate surface area is 112 Å². The lowest BCUT2D eigenvalue weighted by Crippen LogP contribution is -2.05. The van der Waals surface area contributed by atoms with Gasteiger partial charge >= 0.3 is 5.97 Å². The summed E-state index contributed by atoms with van der Waals surface area (Å²) in [5.74, 6) is -0.156. The summed E-state index contributed by atoms with van der Waals surface area (Å²) in [4.78, 5) is 11.3. The van der Waals surface area contributed by atoms with Gasteiger partial charge < -0.3 is 9.30 Å². The number of esters is 1. The first-order chi connectivity index (χ1) is 9.26. The van der Waals surface area contributed by atoms with Crippen LogP contribution in [0.15, 0.2) is 30.5 Å². The number of hydrogen-bond donors (Lipinski definition) is 0. The third-order valence-electron chi connectivity index (χ3n) is 3.02. The fourth-order valence-electron chi connectivity index (χ4n) is 2.14. The minimum atomic E-state index is -0.156. The Morgan fingerprint density at radius 3 is 3.00 bits per heavy atom. The number of rotatable bonds is 5. The zero-order valence-electron chi connectivity index (χ0n) is 10.9. The minimum Gasteiger partial charge on any atom is -0.466 e. The van der Waals surface area contributed by atoms with Gasteiger partial charge in [0.2, 0.25) is 0 Å². The predicted octanol–water partition coefficient (Wildman–Crippen LogP) is 2.86. The van der Waals surface area contributed by atoms with Gasteiger partial charge in [-0.2, -0.15) is 5.26 Å². The number of benzene rings is 1. The second-order valence-electron chi connectivity index (χ2n) is 4.27. The van der Waals surface area contributed by atoms with Crippen molar-refractivity contribution in [2.45, 2.75) is 26.3 Å². The number of hydrogen-bond acceptors (Lipinski definition) is 3. The molecule has 0 aliphatic rings. The van der Waals surface area contributed by atoms with Crippen molar-refractivity contribution >= 4 is 16.9 Å². The maximum atomic E-state index is 11.3. The maximum Gasteiger partial charge on any atom is 0.305 e. The third-order valence-corrected chi connectivity index (χ3v) is 3.02. The highest BCUT2D eigenvalue weighted by atomic mass is 16.5. The van der Waals surface area contributed by atoms with Crippen LogP contribution in [0, 0.1) is 11.3 Å². The summed E-state index contributed by atoms with van der Waals surface area (Å²) in [5.41, 5.74) is 1.71. The van der Waals surface area contributed by atoms with Crippen LogP contribution < -0.4 is 0 Å². The van der Waals surface area contributed by atoms with Gasteiger partial charge in [0.25, 0.3) is 0 Å². The van der Waals surface area contributed by atoms with E-state index >= 15 is 0 Å². The molecule has 2 aromatic rings. The van der Waals surface area contributed by atoms with Crippen LogP contribution in [0.2, 0.25) is 0 Å². The maximum absolute atomic E-state index is 11.3. The molecule has 2 rings (SSSR count). The lowest BCUT2D eigenvalue weighted by Gasteiger charge is -2.05. The fraction of sp³-hybridized carbons (Fsp3) is 0.333. The van der Waals surface area contributed by atoms with Crippen LogP contribution in [-0.4, -0.2) is 17.1 Å². The second-order valence-corrected chi connectivity index (χ2v) is 4.27. The Hall–Kier alpha value is -2.28. The SMILES string of the molecule is CCOC(=O)CCCn1ccc2c(C#N)cccc21. The minimum absolute atomic E-state index is 0.156. The molecule has 0 fully saturated rings. The Bertz CT molecular complexity index is 623. The molecular weight excluding hydrogens is 240 g/mol. The molecule has 1 aromatic heterocycles. The Kier molecular flexibility index (Phi) is 4.19. The molecule has 0 unspecified atom stereocenters. The monoisotopic (exact) mass is 256 g/mol. The van der Waals surface area contributed by atoms with E-state index in [4.69, 9.17) is 10.00 Å². The first-order valence-corrected chi connectivity index (χ1v) is 6.40. The van der Waals surface area contributed by atoms with E-state index in [1.165, 1.54) is 0 Å². The number of fused-ring (bicyclic) bond motifs is 1. The zero-order valence-corrected chi connectivity index (χ0v) is 10.9. The van der Waals surface area contributed by atoms with E-state index in [0.29, 0.717) is 18.6 Å². The normalized spacial score (nSPS) is 10.3. The summed E-state index contributed by atoms with van der Waals surface area (Å²) in [6.07, 6.45) is 3.11. The topological polar surface area (TPSA) is 55.0 Å². The number of nitriles is 1. The van der Waals surface area contributed by atoms with Crippen molar-refractivity contribution in [2.75, 3.05) is 6.61 Å². The van der Waals surface area contributed by atoms with Gasteiger partial charge in [0.05, 0.1) is 18.2 Å². The van der Waals surface area contributed by atoms with E-state index in [9.17, 15) is 4.79 Å². The zero-order chi connectivity index (χ0) is 13.7. The molecule has 0 saturated carbocycles. The lowest BCUT2D eigenvalue weighted by molar-refractivity contribution is -0.143. The van der Waals surface area contributed by atoms with Gasteiger partial charge in [0, 0.05) is 30.1 Å². The predicted molar refractivity (Wildman–Crippen MR) is 72.5 cm³/mol. The van der Waals surface area contributed by atoms with E-state index in [-0.39, 0.29) is 5.97 Å². The molecule has 0 aliphatic carbocycles. The van der Waals surface area contributed by atoms with Crippen molar-refractivity contribution in [3.05, 3.63) is 36.0 Å². The molecule has 0 spiro atoms. The average Bonchev–Trinajstić information content (AvgIpc) is 2.82. The third kappa shape index (κ3) is 2.94. The summed E-state index contributed by atoms with van der Waals surface area (Å²) in [7, 11) is 0. The van der Waals surface area contributed by atoms with Gasteiger partial charge in [0.15, 0.2) is 0 Å². The highest BCUT2D eigenvalue weighted by Gasteiger charge is 2.06. The van der Waals surface area contributed by atoms with Gasteiger partial charge in [0.1, 0.15) is 0 Å². The van der Waals surface area contributed by atoms with E-state index in [1.54, 1.807) is 6.92 Å². The van der Waals surface area contributed by atoms with Gasteiger partial charge in [-0.1, -0.05) is 6.07 Å². The smallest absolute Gasteiger partial charge is 0.305 e. The molecule has 0 N–H and O–H groups in total.